The van der Waals surface area contributed by atoms with Gasteiger partial charge in [0.1, 0.15) is 17.9 Å². The molecule has 0 bridgehead atoms. The number of hydrogen-bond acceptors (Lipinski definition) is 4. The van der Waals surface area contributed by atoms with Crippen LogP contribution in [-0.4, -0.2) is 24.0 Å². The van der Waals surface area contributed by atoms with Crippen LogP contribution in [0.3, 0.4) is 0 Å². The lowest BCUT2D eigenvalue weighted by molar-refractivity contribution is 0.0724. The van der Waals surface area contributed by atoms with Crippen LogP contribution in [0, 0.1) is 13.8 Å². The Morgan fingerprint density at radius 1 is 1.12 bits per heavy atom. The number of ether oxygens (including phenoxy) is 1. The van der Waals surface area contributed by atoms with Crippen molar-refractivity contribution in [1.82, 2.24) is 4.90 Å². The molecular weight excluding hydrogens is 402 g/mol. The fourth-order valence-electron chi connectivity index (χ4n) is 4.52. The van der Waals surface area contributed by atoms with Gasteiger partial charge in [-0.15, -0.1) is 0 Å². The van der Waals surface area contributed by atoms with Gasteiger partial charge in [-0.1, -0.05) is 50.6 Å². The van der Waals surface area contributed by atoms with Crippen molar-refractivity contribution in [2.45, 2.75) is 46.1 Å². The van der Waals surface area contributed by atoms with Gasteiger partial charge in [-0.25, -0.2) is 0 Å². The van der Waals surface area contributed by atoms with Crippen LogP contribution in [0.1, 0.15) is 65.0 Å². The van der Waals surface area contributed by atoms with Gasteiger partial charge in [-0.2, -0.15) is 0 Å². The third-order valence-corrected chi connectivity index (χ3v) is 5.98. The Balaban J connectivity index is 1.86. The van der Waals surface area contributed by atoms with Crippen molar-refractivity contribution in [3.05, 3.63) is 87.3 Å². The van der Waals surface area contributed by atoms with E-state index in [4.69, 9.17) is 9.15 Å². The maximum Gasteiger partial charge on any atom is 0.290 e. The maximum atomic E-state index is 13.7. The first kappa shape index (κ1) is 21.9. The molecule has 166 valence electrons. The van der Waals surface area contributed by atoms with Crippen molar-refractivity contribution in [1.29, 1.82) is 0 Å². The van der Waals surface area contributed by atoms with Gasteiger partial charge < -0.3 is 14.1 Å². The van der Waals surface area contributed by atoms with E-state index in [-0.39, 0.29) is 17.1 Å². The summed E-state index contributed by atoms with van der Waals surface area (Å²) in [6.07, 6.45) is 4.63. The predicted octanol–water partition coefficient (Wildman–Crippen LogP) is 5.71. The lowest BCUT2D eigenvalue weighted by Crippen LogP contribution is -2.30. The molecule has 5 nitrogen and oxygen atoms in total. The van der Waals surface area contributed by atoms with E-state index in [0.29, 0.717) is 35.4 Å². The Kier molecular flexibility index (Phi) is 6.17. The summed E-state index contributed by atoms with van der Waals surface area (Å²) in [5, 5.41) is 0.550. The van der Waals surface area contributed by atoms with E-state index >= 15 is 0 Å². The number of aryl methyl sites for hydroxylation is 2. The van der Waals surface area contributed by atoms with Crippen LogP contribution < -0.4 is 10.2 Å². The Bertz CT molecular complexity index is 1220. The molecule has 3 aromatic rings. The highest BCUT2D eigenvalue weighted by atomic mass is 16.5. The topological polar surface area (TPSA) is 59.8 Å². The first-order chi connectivity index (χ1) is 15.5. The largest absolute Gasteiger partial charge is 0.490 e. The molecule has 1 amide bonds. The van der Waals surface area contributed by atoms with Gasteiger partial charge in [-0.3, -0.25) is 9.59 Å². The molecule has 0 saturated carbocycles. The van der Waals surface area contributed by atoms with E-state index < -0.39 is 6.04 Å². The molecule has 1 aromatic heterocycles. The fourth-order valence-corrected chi connectivity index (χ4v) is 4.52. The summed E-state index contributed by atoms with van der Waals surface area (Å²) in [4.78, 5) is 28.9. The van der Waals surface area contributed by atoms with Crippen LogP contribution in [0.4, 0.5) is 0 Å². The van der Waals surface area contributed by atoms with E-state index in [2.05, 4.69) is 13.5 Å². The molecule has 2 heterocycles. The second kappa shape index (κ2) is 9.03. The smallest absolute Gasteiger partial charge is 0.290 e. The highest BCUT2D eigenvalue weighted by Gasteiger charge is 2.42. The minimum Gasteiger partial charge on any atom is -0.490 e. The normalized spacial score (nSPS) is 15.3. The summed E-state index contributed by atoms with van der Waals surface area (Å²) in [6, 6.07) is 10.9. The summed E-state index contributed by atoms with van der Waals surface area (Å²) in [6.45, 7) is 10.7. The van der Waals surface area contributed by atoms with E-state index in [1.54, 1.807) is 11.0 Å². The lowest BCUT2D eigenvalue weighted by Gasteiger charge is -2.25. The SMILES string of the molecule is C=CCOc1ccc(C2c3c(oc4cc(C)cc(C)c4c3=O)C(=O)N2CCCCC)cc1. The lowest BCUT2D eigenvalue weighted by atomic mass is 9.96. The molecule has 4 rings (SSSR count). The van der Waals surface area contributed by atoms with E-state index in [1.165, 1.54) is 0 Å². The second-order valence-electron chi connectivity index (χ2n) is 8.41. The summed E-state index contributed by atoms with van der Waals surface area (Å²) < 4.78 is 11.7. The van der Waals surface area contributed by atoms with Crippen LogP contribution in [0.25, 0.3) is 11.0 Å². The second-order valence-corrected chi connectivity index (χ2v) is 8.41. The fraction of sp³-hybridized carbons (Fsp3) is 0.333. The van der Waals surface area contributed by atoms with Gasteiger partial charge in [-0.05, 0) is 55.2 Å². The number of nitrogens with zero attached hydrogens (tertiary/aromatic N) is 1. The molecule has 0 N–H and O–H groups in total. The number of unbranched alkanes of at least 4 members (excludes halogenated alkanes) is 2. The number of rotatable bonds is 8. The van der Waals surface area contributed by atoms with Crippen LogP contribution in [0.2, 0.25) is 0 Å². The van der Waals surface area contributed by atoms with Crippen molar-refractivity contribution < 1.29 is 13.9 Å². The van der Waals surface area contributed by atoms with Crippen molar-refractivity contribution in [3.8, 4) is 5.75 Å². The molecule has 0 aliphatic carbocycles. The first-order valence-electron chi connectivity index (χ1n) is 11.2. The van der Waals surface area contributed by atoms with Gasteiger partial charge in [0.25, 0.3) is 5.91 Å². The van der Waals surface area contributed by atoms with Gasteiger partial charge >= 0.3 is 0 Å². The average molecular weight is 432 g/mol. The quantitative estimate of drug-likeness (QED) is 0.339. The molecule has 0 saturated heterocycles. The number of benzene rings is 2. The van der Waals surface area contributed by atoms with Crippen molar-refractivity contribution in [2.75, 3.05) is 13.2 Å². The summed E-state index contributed by atoms with van der Waals surface area (Å²) in [7, 11) is 0. The van der Waals surface area contributed by atoms with Crippen LogP contribution in [0.5, 0.6) is 5.75 Å². The molecule has 1 aliphatic heterocycles. The van der Waals surface area contributed by atoms with E-state index in [9.17, 15) is 9.59 Å². The Morgan fingerprint density at radius 3 is 2.56 bits per heavy atom. The predicted molar refractivity (Wildman–Crippen MR) is 126 cm³/mol. The van der Waals surface area contributed by atoms with Gasteiger partial charge in [0.2, 0.25) is 5.76 Å². The van der Waals surface area contributed by atoms with E-state index in [1.807, 2.05) is 50.2 Å². The molecule has 1 atom stereocenters. The first-order valence-corrected chi connectivity index (χ1v) is 11.2. The molecule has 2 aromatic carbocycles. The third-order valence-electron chi connectivity index (χ3n) is 5.98. The summed E-state index contributed by atoms with van der Waals surface area (Å²) in [5.41, 5.74) is 3.51. The van der Waals surface area contributed by atoms with Gasteiger partial charge in [0.15, 0.2) is 5.43 Å². The molecule has 32 heavy (non-hydrogen) atoms. The minimum absolute atomic E-state index is 0.123. The van der Waals surface area contributed by atoms with Gasteiger partial charge in [0.05, 0.1) is 17.0 Å². The van der Waals surface area contributed by atoms with Crippen LogP contribution >= 0.6 is 0 Å². The zero-order chi connectivity index (χ0) is 22.8. The molecule has 1 unspecified atom stereocenters. The Labute approximate surface area is 188 Å². The number of fused-ring (bicyclic) bond motifs is 2. The number of amides is 1. The zero-order valence-corrected chi connectivity index (χ0v) is 18.9. The molecular formula is C27H29NO4. The van der Waals surface area contributed by atoms with Crippen molar-refractivity contribution in [2.24, 2.45) is 0 Å². The third kappa shape index (κ3) is 3.83. The molecule has 0 radical (unpaired) electrons. The minimum atomic E-state index is -0.468. The maximum absolute atomic E-state index is 13.7. The van der Waals surface area contributed by atoms with Crippen molar-refractivity contribution in [3.63, 3.8) is 0 Å². The Morgan fingerprint density at radius 2 is 1.88 bits per heavy atom. The number of hydrogen-bond donors (Lipinski definition) is 0. The molecule has 1 aliphatic rings. The molecule has 5 heteroatoms. The molecule has 0 fully saturated rings. The van der Waals surface area contributed by atoms with Crippen LogP contribution in [-0.2, 0) is 0 Å². The number of carbonyl (C=O) groups is 1. The van der Waals surface area contributed by atoms with E-state index in [0.717, 1.165) is 36.0 Å². The Hall–Kier alpha value is -3.34. The zero-order valence-electron chi connectivity index (χ0n) is 18.9. The number of carbonyl (C=O) groups excluding carboxylic acids is 1. The van der Waals surface area contributed by atoms with Gasteiger partial charge in [0, 0.05) is 6.54 Å². The highest BCUT2D eigenvalue weighted by Crippen LogP contribution is 2.39. The standard InChI is InChI=1S/C27H29NO4/c1-5-7-8-13-28-24(19-9-11-20(12-10-19)31-14-6-2)23-25(29)22-18(4)15-17(3)16-21(22)32-26(23)27(28)30/h6,9-12,15-16,24H,2,5,7-8,13-14H2,1,3-4H3. The monoisotopic (exact) mass is 431 g/mol. The average Bonchev–Trinajstić information content (AvgIpc) is 3.04. The summed E-state index contributed by atoms with van der Waals surface area (Å²) in [5.74, 6) is 0.667. The molecule has 0 spiro atoms. The highest BCUT2D eigenvalue weighted by molar-refractivity contribution is 5.99. The van der Waals surface area contributed by atoms with Crippen molar-refractivity contribution >= 4 is 16.9 Å². The van der Waals surface area contributed by atoms with Crippen LogP contribution in [0.15, 0.2) is 58.3 Å². The summed E-state index contributed by atoms with van der Waals surface area (Å²) >= 11 is 0.